The summed E-state index contributed by atoms with van der Waals surface area (Å²) >= 11 is 0. The largest absolute Gasteiger partial charge is 0.399 e. The average molecular weight is 285 g/mol. The lowest BCUT2D eigenvalue weighted by Gasteiger charge is -2.38. The van der Waals surface area contributed by atoms with Crippen LogP contribution in [0.4, 0.5) is 11.5 Å². The van der Waals surface area contributed by atoms with E-state index in [1.807, 2.05) is 18.2 Å². The van der Waals surface area contributed by atoms with Gasteiger partial charge in [-0.3, -0.25) is 4.90 Å². The van der Waals surface area contributed by atoms with E-state index in [-0.39, 0.29) is 0 Å². The van der Waals surface area contributed by atoms with E-state index in [4.69, 9.17) is 5.73 Å². The summed E-state index contributed by atoms with van der Waals surface area (Å²) in [6.45, 7) is 8.77. The van der Waals surface area contributed by atoms with Gasteiger partial charge in [-0.05, 0) is 31.5 Å². The molecule has 0 radical (unpaired) electrons. The predicted molar refractivity (Wildman–Crippen MR) is 87.5 cm³/mol. The zero-order valence-electron chi connectivity index (χ0n) is 12.8. The van der Waals surface area contributed by atoms with Crippen molar-refractivity contribution >= 4 is 22.4 Å². The number of hydrogen-bond acceptors (Lipinski definition) is 5. The van der Waals surface area contributed by atoms with E-state index >= 15 is 0 Å². The number of piperazine rings is 1. The van der Waals surface area contributed by atoms with Gasteiger partial charge in [0.2, 0.25) is 0 Å². The summed E-state index contributed by atoms with van der Waals surface area (Å²) in [5, 5.41) is 1.09. The Morgan fingerprint density at radius 1 is 1.19 bits per heavy atom. The molecule has 2 aromatic rings. The van der Waals surface area contributed by atoms with Crippen LogP contribution in [0.2, 0.25) is 0 Å². The van der Waals surface area contributed by atoms with Gasteiger partial charge < -0.3 is 10.6 Å². The second-order valence-corrected chi connectivity index (χ2v) is 5.75. The summed E-state index contributed by atoms with van der Waals surface area (Å²) in [6.07, 6.45) is 2.84. The van der Waals surface area contributed by atoms with Crippen LogP contribution >= 0.6 is 0 Å². The minimum atomic E-state index is 0.661. The highest BCUT2D eigenvalue weighted by Crippen LogP contribution is 2.25. The van der Waals surface area contributed by atoms with Crippen LogP contribution in [0.3, 0.4) is 0 Å². The number of nitrogens with two attached hydrogens (primary N) is 1. The van der Waals surface area contributed by atoms with Gasteiger partial charge in [-0.1, -0.05) is 6.92 Å². The van der Waals surface area contributed by atoms with Crippen LogP contribution in [0.25, 0.3) is 10.9 Å². The molecule has 2 N–H and O–H groups in total. The van der Waals surface area contributed by atoms with E-state index in [0.29, 0.717) is 6.04 Å². The fraction of sp³-hybridized carbons (Fsp3) is 0.500. The lowest BCUT2D eigenvalue weighted by Crippen LogP contribution is -2.49. The molecule has 2 heterocycles. The Bertz CT molecular complexity index is 619. The van der Waals surface area contributed by atoms with Crippen LogP contribution in [-0.2, 0) is 0 Å². The Morgan fingerprint density at radius 3 is 2.67 bits per heavy atom. The molecular weight excluding hydrogens is 262 g/mol. The second kappa shape index (κ2) is 5.85. The molecule has 0 aliphatic carbocycles. The van der Waals surface area contributed by atoms with Gasteiger partial charge in [-0.25, -0.2) is 9.97 Å². The molecule has 5 heteroatoms. The van der Waals surface area contributed by atoms with Crippen molar-refractivity contribution in [3.63, 3.8) is 0 Å². The standard InChI is InChI=1S/C16H23N5/c1-3-12(2)20-6-8-21(9-7-20)16-14-5-4-13(17)10-15(14)18-11-19-16/h4-5,10-12H,3,6-9,17H2,1-2H3. The minimum Gasteiger partial charge on any atom is -0.399 e. The van der Waals surface area contributed by atoms with Crippen LogP contribution in [0.1, 0.15) is 20.3 Å². The van der Waals surface area contributed by atoms with Crippen LogP contribution in [0.15, 0.2) is 24.5 Å². The molecule has 0 spiro atoms. The molecule has 21 heavy (non-hydrogen) atoms. The van der Waals surface area contributed by atoms with Crippen molar-refractivity contribution in [1.82, 2.24) is 14.9 Å². The van der Waals surface area contributed by atoms with Crippen molar-refractivity contribution in [2.75, 3.05) is 36.8 Å². The monoisotopic (exact) mass is 285 g/mol. The molecule has 112 valence electrons. The quantitative estimate of drug-likeness (QED) is 0.876. The molecule has 0 bridgehead atoms. The minimum absolute atomic E-state index is 0.661. The molecule has 1 aromatic carbocycles. The van der Waals surface area contributed by atoms with Gasteiger partial charge in [0.25, 0.3) is 0 Å². The number of hydrogen-bond donors (Lipinski definition) is 1. The maximum Gasteiger partial charge on any atom is 0.139 e. The molecule has 1 aliphatic rings. The highest BCUT2D eigenvalue weighted by Gasteiger charge is 2.22. The first-order valence-corrected chi connectivity index (χ1v) is 7.68. The third kappa shape index (κ3) is 2.78. The number of aromatic nitrogens is 2. The van der Waals surface area contributed by atoms with E-state index in [1.165, 1.54) is 6.42 Å². The molecule has 1 unspecified atom stereocenters. The molecule has 0 saturated carbocycles. The topological polar surface area (TPSA) is 58.3 Å². The van der Waals surface area contributed by atoms with Gasteiger partial charge in [0.05, 0.1) is 5.52 Å². The first kappa shape index (κ1) is 14.1. The van der Waals surface area contributed by atoms with Crippen molar-refractivity contribution in [2.24, 2.45) is 0 Å². The second-order valence-electron chi connectivity index (χ2n) is 5.75. The third-order valence-corrected chi connectivity index (χ3v) is 4.47. The fourth-order valence-electron chi connectivity index (χ4n) is 2.94. The lowest BCUT2D eigenvalue weighted by molar-refractivity contribution is 0.192. The third-order valence-electron chi connectivity index (χ3n) is 4.47. The summed E-state index contributed by atoms with van der Waals surface area (Å²) in [4.78, 5) is 13.7. The van der Waals surface area contributed by atoms with Gasteiger partial charge in [0, 0.05) is 43.3 Å². The Balaban J connectivity index is 1.82. The molecule has 1 fully saturated rings. The zero-order valence-corrected chi connectivity index (χ0v) is 12.8. The Labute approximate surface area is 125 Å². The number of rotatable bonds is 3. The molecule has 1 aromatic heterocycles. The molecule has 1 atom stereocenters. The fourth-order valence-corrected chi connectivity index (χ4v) is 2.94. The Kier molecular flexibility index (Phi) is 3.92. The van der Waals surface area contributed by atoms with Crippen molar-refractivity contribution in [3.8, 4) is 0 Å². The summed E-state index contributed by atoms with van der Waals surface area (Å²) in [5.41, 5.74) is 7.50. The van der Waals surface area contributed by atoms with E-state index < -0.39 is 0 Å². The normalized spacial score (nSPS) is 18.1. The lowest BCUT2D eigenvalue weighted by atomic mass is 10.1. The molecular formula is C16H23N5. The molecule has 1 aliphatic heterocycles. The number of anilines is 2. The smallest absolute Gasteiger partial charge is 0.139 e. The van der Waals surface area contributed by atoms with Crippen molar-refractivity contribution in [1.29, 1.82) is 0 Å². The van der Waals surface area contributed by atoms with Gasteiger partial charge in [-0.15, -0.1) is 0 Å². The maximum atomic E-state index is 5.84. The van der Waals surface area contributed by atoms with Crippen molar-refractivity contribution < 1.29 is 0 Å². The summed E-state index contributed by atoms with van der Waals surface area (Å²) in [7, 11) is 0. The highest BCUT2D eigenvalue weighted by atomic mass is 15.3. The van der Waals surface area contributed by atoms with Crippen LogP contribution in [-0.4, -0.2) is 47.1 Å². The molecule has 1 saturated heterocycles. The first-order chi connectivity index (χ1) is 10.2. The highest BCUT2D eigenvalue weighted by molar-refractivity contribution is 5.91. The van der Waals surface area contributed by atoms with E-state index in [2.05, 4.69) is 33.6 Å². The van der Waals surface area contributed by atoms with Crippen molar-refractivity contribution in [2.45, 2.75) is 26.3 Å². The van der Waals surface area contributed by atoms with Gasteiger partial charge in [-0.2, -0.15) is 0 Å². The number of benzene rings is 1. The van der Waals surface area contributed by atoms with Crippen LogP contribution < -0.4 is 10.6 Å². The summed E-state index contributed by atoms with van der Waals surface area (Å²) in [6, 6.07) is 6.52. The number of nitrogens with zero attached hydrogens (tertiary/aromatic N) is 4. The molecule has 3 rings (SSSR count). The number of nitrogen functional groups attached to an aromatic ring is 1. The van der Waals surface area contributed by atoms with E-state index in [1.54, 1.807) is 6.33 Å². The maximum absolute atomic E-state index is 5.84. The van der Waals surface area contributed by atoms with Gasteiger partial charge in [0.15, 0.2) is 0 Å². The first-order valence-electron chi connectivity index (χ1n) is 7.68. The Morgan fingerprint density at radius 2 is 1.95 bits per heavy atom. The van der Waals surface area contributed by atoms with E-state index in [9.17, 15) is 0 Å². The average Bonchev–Trinajstić information content (AvgIpc) is 2.53. The van der Waals surface area contributed by atoms with E-state index in [0.717, 1.165) is 48.6 Å². The zero-order chi connectivity index (χ0) is 14.8. The van der Waals surface area contributed by atoms with Gasteiger partial charge >= 0.3 is 0 Å². The predicted octanol–water partition coefficient (Wildman–Crippen LogP) is 2.13. The van der Waals surface area contributed by atoms with Crippen LogP contribution in [0, 0.1) is 0 Å². The molecule has 0 amide bonds. The van der Waals surface area contributed by atoms with Gasteiger partial charge in [0.1, 0.15) is 12.1 Å². The number of fused-ring (bicyclic) bond motifs is 1. The summed E-state index contributed by atoms with van der Waals surface area (Å²) < 4.78 is 0. The van der Waals surface area contributed by atoms with Crippen molar-refractivity contribution in [3.05, 3.63) is 24.5 Å². The SMILES string of the molecule is CCC(C)N1CCN(c2ncnc3cc(N)ccc23)CC1. The molecule has 5 nitrogen and oxygen atoms in total. The summed E-state index contributed by atoms with van der Waals surface area (Å²) in [5.74, 6) is 1.03. The van der Waals surface area contributed by atoms with Crippen LogP contribution in [0.5, 0.6) is 0 Å². The Hall–Kier alpha value is -1.88.